The molecular formula is C12H17N3OS2. The van der Waals surface area contributed by atoms with Gasteiger partial charge in [0.1, 0.15) is 0 Å². The molecule has 4 nitrogen and oxygen atoms in total. The first-order chi connectivity index (χ1) is 8.83. The van der Waals surface area contributed by atoms with Gasteiger partial charge in [-0.25, -0.2) is 0 Å². The van der Waals surface area contributed by atoms with Crippen molar-refractivity contribution in [3.8, 4) is 10.7 Å². The summed E-state index contributed by atoms with van der Waals surface area (Å²) in [6.45, 7) is 0.289. The lowest BCUT2D eigenvalue weighted by molar-refractivity contribution is 0.284. The lowest BCUT2D eigenvalue weighted by Gasteiger charge is -2.02. The fourth-order valence-corrected chi connectivity index (χ4v) is 3.27. The van der Waals surface area contributed by atoms with Gasteiger partial charge in [0.2, 0.25) is 0 Å². The molecular weight excluding hydrogens is 266 g/mol. The summed E-state index contributed by atoms with van der Waals surface area (Å²) in [4.78, 5) is 1.15. The summed E-state index contributed by atoms with van der Waals surface area (Å²) in [5.41, 5.74) is 0. The van der Waals surface area contributed by atoms with Crippen LogP contribution < -0.4 is 0 Å². The van der Waals surface area contributed by atoms with Crippen LogP contribution in [0.4, 0.5) is 0 Å². The van der Waals surface area contributed by atoms with Gasteiger partial charge in [-0.2, -0.15) is 0 Å². The molecule has 2 heterocycles. The Morgan fingerprint density at radius 2 is 2.22 bits per heavy atom. The third-order valence-electron chi connectivity index (χ3n) is 2.61. The van der Waals surface area contributed by atoms with Crippen molar-refractivity contribution in [1.82, 2.24) is 14.8 Å². The molecule has 2 aromatic rings. The van der Waals surface area contributed by atoms with E-state index in [1.807, 2.05) is 23.1 Å². The fourth-order valence-electron chi connectivity index (χ4n) is 1.62. The number of thiophene rings is 1. The molecule has 0 atom stereocenters. The monoisotopic (exact) mass is 283 g/mol. The van der Waals surface area contributed by atoms with Crippen molar-refractivity contribution >= 4 is 23.1 Å². The number of unbranched alkanes of at least 4 members (excludes halogenated alkanes) is 2. The zero-order chi connectivity index (χ0) is 12.8. The summed E-state index contributed by atoms with van der Waals surface area (Å²) < 4.78 is 2.04. The van der Waals surface area contributed by atoms with Crippen molar-refractivity contribution in [2.45, 2.75) is 24.4 Å². The van der Waals surface area contributed by atoms with Gasteiger partial charge in [-0.3, -0.25) is 0 Å². The Morgan fingerprint density at radius 3 is 2.94 bits per heavy atom. The fraction of sp³-hybridized carbons (Fsp3) is 0.500. The van der Waals surface area contributed by atoms with Gasteiger partial charge >= 0.3 is 0 Å². The predicted octanol–water partition coefficient (Wildman–Crippen LogP) is 2.80. The molecule has 0 aliphatic rings. The highest BCUT2D eigenvalue weighted by Crippen LogP contribution is 2.26. The van der Waals surface area contributed by atoms with Gasteiger partial charge in [0, 0.05) is 19.4 Å². The Balaban J connectivity index is 1.91. The summed E-state index contributed by atoms with van der Waals surface area (Å²) in [7, 11) is 2.01. The van der Waals surface area contributed by atoms with Crippen LogP contribution in [0.25, 0.3) is 10.7 Å². The van der Waals surface area contributed by atoms with Crippen LogP contribution in [-0.4, -0.2) is 32.2 Å². The molecule has 0 aliphatic heterocycles. The van der Waals surface area contributed by atoms with Crippen LogP contribution in [-0.2, 0) is 7.05 Å². The summed E-state index contributed by atoms with van der Waals surface area (Å²) in [6.07, 6.45) is 3.06. The van der Waals surface area contributed by atoms with Gasteiger partial charge in [-0.15, -0.1) is 21.5 Å². The molecule has 2 rings (SSSR count). The van der Waals surface area contributed by atoms with Crippen molar-refractivity contribution in [2.24, 2.45) is 7.05 Å². The van der Waals surface area contributed by atoms with Crippen molar-refractivity contribution in [3.63, 3.8) is 0 Å². The molecule has 0 unspecified atom stereocenters. The smallest absolute Gasteiger partial charge is 0.191 e. The quantitative estimate of drug-likeness (QED) is 0.627. The van der Waals surface area contributed by atoms with E-state index in [1.165, 1.54) is 0 Å². The van der Waals surface area contributed by atoms with Gasteiger partial charge in [0.15, 0.2) is 11.0 Å². The number of aliphatic hydroxyl groups excluding tert-OH is 1. The van der Waals surface area contributed by atoms with E-state index in [4.69, 9.17) is 5.11 Å². The van der Waals surface area contributed by atoms with E-state index in [9.17, 15) is 0 Å². The van der Waals surface area contributed by atoms with Crippen molar-refractivity contribution in [1.29, 1.82) is 0 Å². The maximum atomic E-state index is 8.70. The maximum Gasteiger partial charge on any atom is 0.191 e. The summed E-state index contributed by atoms with van der Waals surface area (Å²) in [5, 5.41) is 20.2. The summed E-state index contributed by atoms with van der Waals surface area (Å²) in [6, 6.07) is 4.08. The standard InChI is InChI=1S/C12H17N3OS2/c1-15-11(10-6-5-9-17-10)13-14-12(15)18-8-4-2-3-7-16/h5-6,9,16H,2-4,7-8H2,1H3. The van der Waals surface area contributed by atoms with Crippen LogP contribution >= 0.6 is 23.1 Å². The zero-order valence-electron chi connectivity index (χ0n) is 10.4. The Morgan fingerprint density at radius 1 is 1.33 bits per heavy atom. The minimum atomic E-state index is 0.289. The largest absolute Gasteiger partial charge is 0.396 e. The normalized spacial score (nSPS) is 11.0. The number of aliphatic hydroxyl groups is 1. The highest BCUT2D eigenvalue weighted by Gasteiger charge is 2.11. The zero-order valence-corrected chi connectivity index (χ0v) is 12.0. The second kappa shape index (κ2) is 6.92. The lowest BCUT2D eigenvalue weighted by atomic mass is 10.3. The molecule has 6 heteroatoms. The second-order valence-corrected chi connectivity index (χ2v) is 5.98. The number of rotatable bonds is 7. The van der Waals surface area contributed by atoms with Crippen molar-refractivity contribution < 1.29 is 5.11 Å². The molecule has 0 fully saturated rings. The molecule has 98 valence electrons. The Kier molecular flexibility index (Phi) is 5.22. The lowest BCUT2D eigenvalue weighted by Crippen LogP contribution is -1.94. The molecule has 0 bridgehead atoms. The molecule has 0 amide bonds. The first-order valence-corrected chi connectivity index (χ1v) is 7.86. The van der Waals surface area contributed by atoms with E-state index in [2.05, 4.69) is 16.3 Å². The molecule has 1 N–H and O–H groups in total. The Hall–Kier alpha value is -0.850. The first kappa shape index (κ1) is 13.6. The van der Waals surface area contributed by atoms with Crippen LogP contribution in [0.3, 0.4) is 0 Å². The van der Waals surface area contributed by atoms with Gasteiger partial charge in [-0.1, -0.05) is 24.2 Å². The number of hydrogen-bond acceptors (Lipinski definition) is 5. The number of thioether (sulfide) groups is 1. The molecule has 2 aromatic heterocycles. The molecule has 0 saturated heterocycles. The van der Waals surface area contributed by atoms with E-state index < -0.39 is 0 Å². The van der Waals surface area contributed by atoms with Crippen molar-refractivity contribution in [2.75, 3.05) is 12.4 Å². The summed E-state index contributed by atoms with van der Waals surface area (Å²) in [5.74, 6) is 1.96. The third-order valence-corrected chi connectivity index (χ3v) is 4.58. The average Bonchev–Trinajstić information content (AvgIpc) is 2.99. The predicted molar refractivity (Wildman–Crippen MR) is 76.0 cm³/mol. The molecule has 0 radical (unpaired) electrons. The SMILES string of the molecule is Cn1c(SCCCCCO)nnc1-c1cccs1. The molecule has 0 spiro atoms. The van der Waals surface area contributed by atoms with Crippen LogP contribution in [0.1, 0.15) is 19.3 Å². The van der Waals surface area contributed by atoms with Gasteiger partial charge in [0.05, 0.1) is 4.88 Å². The van der Waals surface area contributed by atoms with Gasteiger partial charge < -0.3 is 9.67 Å². The van der Waals surface area contributed by atoms with E-state index in [1.54, 1.807) is 23.1 Å². The second-order valence-electron chi connectivity index (χ2n) is 3.98. The first-order valence-electron chi connectivity index (χ1n) is 6.00. The van der Waals surface area contributed by atoms with Crippen LogP contribution in [0, 0.1) is 0 Å². The third kappa shape index (κ3) is 3.34. The molecule has 0 saturated carbocycles. The average molecular weight is 283 g/mol. The Labute approximate surface area is 115 Å². The minimum absolute atomic E-state index is 0.289. The van der Waals surface area contributed by atoms with E-state index in [-0.39, 0.29) is 6.61 Å². The molecule has 18 heavy (non-hydrogen) atoms. The van der Waals surface area contributed by atoms with E-state index in [0.717, 1.165) is 40.9 Å². The van der Waals surface area contributed by atoms with Gasteiger partial charge in [-0.05, 0) is 24.3 Å². The summed E-state index contributed by atoms with van der Waals surface area (Å²) >= 11 is 3.41. The van der Waals surface area contributed by atoms with Crippen LogP contribution in [0.2, 0.25) is 0 Å². The minimum Gasteiger partial charge on any atom is -0.396 e. The number of hydrogen-bond donors (Lipinski definition) is 1. The van der Waals surface area contributed by atoms with E-state index in [0.29, 0.717) is 0 Å². The highest BCUT2D eigenvalue weighted by molar-refractivity contribution is 7.99. The molecule has 0 aromatic carbocycles. The van der Waals surface area contributed by atoms with Crippen LogP contribution in [0.5, 0.6) is 0 Å². The van der Waals surface area contributed by atoms with Gasteiger partial charge in [0.25, 0.3) is 0 Å². The Bertz CT molecular complexity index is 468. The highest BCUT2D eigenvalue weighted by atomic mass is 32.2. The topological polar surface area (TPSA) is 50.9 Å². The molecule has 0 aliphatic carbocycles. The van der Waals surface area contributed by atoms with Crippen LogP contribution in [0.15, 0.2) is 22.7 Å². The van der Waals surface area contributed by atoms with Crippen molar-refractivity contribution in [3.05, 3.63) is 17.5 Å². The number of aromatic nitrogens is 3. The maximum absolute atomic E-state index is 8.70. The van der Waals surface area contributed by atoms with E-state index >= 15 is 0 Å². The number of nitrogens with zero attached hydrogens (tertiary/aromatic N) is 3.